The summed E-state index contributed by atoms with van der Waals surface area (Å²) in [4.78, 5) is 60.6. The maximum atomic E-state index is 12.4. The van der Waals surface area contributed by atoms with E-state index >= 15 is 0 Å². The van der Waals surface area contributed by atoms with Crippen molar-refractivity contribution in [2.75, 3.05) is 0 Å². The zero-order valence-electron chi connectivity index (χ0n) is 31.0. The van der Waals surface area contributed by atoms with Crippen LogP contribution in [-0.4, -0.2) is 58.9 Å². The molecule has 2 aliphatic heterocycles. The van der Waals surface area contributed by atoms with Gasteiger partial charge in [-0.05, 0) is 97.5 Å². The molecule has 0 bridgehead atoms. The number of amides is 3. The van der Waals surface area contributed by atoms with Crippen molar-refractivity contribution in [3.05, 3.63) is 103 Å². The predicted molar refractivity (Wildman–Crippen MR) is 244 cm³/mol. The fourth-order valence-electron chi connectivity index (χ4n) is 6.61. The SMILES string of the molecule is CC(C)(C)C(=O)N1C(=O)CC[C@H]1Cc1ccc(Br)cc1.O=C1CC[C@@H](Cc2ccc(Br)cc2)C1.O=C[B]N1C(=O)CC[C@H]1Cc1ccc(Br)cc1.S.S.S. The number of hydrogen-bond acceptors (Lipinski definition) is 5. The molecule has 3 atom stereocenters. The summed E-state index contributed by atoms with van der Waals surface area (Å²) in [5.74, 6) is 0.962. The Morgan fingerprint density at radius 1 is 0.667 bits per heavy atom. The van der Waals surface area contributed by atoms with Crippen LogP contribution in [0.5, 0.6) is 0 Å². The predicted octanol–water partition coefficient (Wildman–Crippen LogP) is 9.05. The summed E-state index contributed by atoms with van der Waals surface area (Å²) in [6, 6.07) is 24.6. The van der Waals surface area contributed by atoms with Gasteiger partial charge in [0.05, 0.1) is 0 Å². The molecular weight excluding hydrogens is 935 g/mol. The highest BCUT2D eigenvalue weighted by atomic mass is 79.9. The first kappa shape index (κ1) is 50.2. The maximum absolute atomic E-state index is 12.4. The average Bonchev–Trinajstić information content (AvgIpc) is 3.78. The van der Waals surface area contributed by atoms with Crippen LogP contribution in [0, 0.1) is 11.3 Å². The smallest absolute Gasteiger partial charge is 0.331 e. The van der Waals surface area contributed by atoms with Crippen molar-refractivity contribution in [1.82, 2.24) is 9.71 Å². The van der Waals surface area contributed by atoms with Gasteiger partial charge in [0.2, 0.25) is 17.7 Å². The van der Waals surface area contributed by atoms with E-state index in [0.717, 1.165) is 70.3 Å². The Morgan fingerprint density at radius 3 is 1.52 bits per heavy atom. The van der Waals surface area contributed by atoms with E-state index in [4.69, 9.17) is 0 Å². The van der Waals surface area contributed by atoms with E-state index in [9.17, 15) is 24.0 Å². The molecule has 0 spiro atoms. The van der Waals surface area contributed by atoms with Crippen LogP contribution in [0.15, 0.2) is 86.2 Å². The van der Waals surface area contributed by atoms with Crippen molar-refractivity contribution >= 4 is 125 Å². The largest absolute Gasteiger partial charge is 0.380 e. The maximum Gasteiger partial charge on any atom is 0.331 e. The van der Waals surface area contributed by atoms with Gasteiger partial charge in [0.15, 0.2) is 0 Å². The molecule has 0 unspecified atom stereocenters. The molecule has 3 aromatic rings. The summed E-state index contributed by atoms with van der Waals surface area (Å²) < 4.78 is 3.19. The van der Waals surface area contributed by atoms with Crippen molar-refractivity contribution in [3.63, 3.8) is 0 Å². The molecular formula is C40H51BBr3N2O5S3. The highest BCUT2D eigenvalue weighted by Gasteiger charge is 2.40. The van der Waals surface area contributed by atoms with E-state index in [-0.39, 0.29) is 70.3 Å². The van der Waals surface area contributed by atoms with Gasteiger partial charge in [-0.1, -0.05) is 105 Å². The average molecular weight is 987 g/mol. The van der Waals surface area contributed by atoms with Crippen LogP contribution < -0.4 is 0 Å². The highest BCUT2D eigenvalue weighted by molar-refractivity contribution is 9.11. The second-order valence-corrected chi connectivity index (χ2v) is 17.2. The van der Waals surface area contributed by atoms with Crippen molar-refractivity contribution in [3.8, 4) is 0 Å². The summed E-state index contributed by atoms with van der Waals surface area (Å²) in [7, 11) is 1.35. The fourth-order valence-corrected chi connectivity index (χ4v) is 7.41. The van der Waals surface area contributed by atoms with Gasteiger partial charge < -0.3 is 9.61 Å². The van der Waals surface area contributed by atoms with Crippen LogP contribution in [-0.2, 0) is 43.2 Å². The normalized spacial score (nSPS) is 18.9. The Balaban J connectivity index is 0.000000399. The number of ketones is 1. The van der Waals surface area contributed by atoms with Gasteiger partial charge in [0, 0.05) is 56.6 Å². The third kappa shape index (κ3) is 15.6. The lowest BCUT2D eigenvalue weighted by atomic mass is 9.91. The molecule has 1 radical (unpaired) electrons. The van der Waals surface area contributed by atoms with Gasteiger partial charge in [-0.25, -0.2) is 0 Å². The van der Waals surface area contributed by atoms with Gasteiger partial charge in [-0.2, -0.15) is 40.5 Å². The zero-order chi connectivity index (χ0) is 37.1. The number of hydrogen-bond donors (Lipinski definition) is 0. The molecule has 1 saturated carbocycles. The number of carbonyl (C=O) groups is 5. The minimum absolute atomic E-state index is 0. The highest BCUT2D eigenvalue weighted by Crippen LogP contribution is 2.29. The molecule has 3 amide bonds. The molecule has 1 aliphatic carbocycles. The first-order chi connectivity index (χ1) is 24.2. The van der Waals surface area contributed by atoms with Crippen molar-refractivity contribution in [2.45, 2.75) is 97.1 Å². The summed E-state index contributed by atoms with van der Waals surface area (Å²) in [6.45, 7) is 5.58. The molecule has 6 rings (SSSR count). The monoisotopic (exact) mass is 983 g/mol. The van der Waals surface area contributed by atoms with Crippen LogP contribution >= 0.6 is 88.3 Å². The van der Waals surface area contributed by atoms with E-state index in [1.807, 2.05) is 69.3 Å². The first-order valence-corrected chi connectivity index (χ1v) is 19.8. The number of carbonyl (C=O) groups excluding carboxylic acids is 5. The Kier molecular flexibility index (Phi) is 22.4. The molecule has 3 aromatic carbocycles. The summed E-state index contributed by atoms with van der Waals surface area (Å²) in [5.41, 5.74) is 3.16. The van der Waals surface area contributed by atoms with Gasteiger partial charge in [0.25, 0.3) is 0 Å². The van der Waals surface area contributed by atoms with Crippen molar-refractivity contribution < 1.29 is 24.0 Å². The Morgan fingerprint density at radius 2 is 1.09 bits per heavy atom. The Labute approximate surface area is 367 Å². The van der Waals surface area contributed by atoms with Crippen LogP contribution in [0.1, 0.15) is 82.4 Å². The molecule has 0 N–H and O–H groups in total. The molecule has 7 nitrogen and oxygen atoms in total. The summed E-state index contributed by atoms with van der Waals surface area (Å²) in [6.07, 6.45) is 8.51. The molecule has 3 aliphatic rings. The van der Waals surface area contributed by atoms with Crippen LogP contribution in [0.4, 0.5) is 0 Å². The zero-order valence-corrected chi connectivity index (χ0v) is 38.7. The number of Topliss-reactive ketones (excluding diaryl/α,β-unsaturated/α-hetero) is 1. The molecule has 0 aromatic heterocycles. The minimum atomic E-state index is -0.516. The number of nitrogens with zero attached hydrogens (tertiary/aromatic N) is 2. The quantitative estimate of drug-likeness (QED) is 0.166. The molecule has 2 saturated heterocycles. The number of rotatable bonds is 8. The molecule has 3 fully saturated rings. The second-order valence-electron chi connectivity index (χ2n) is 14.4. The van der Waals surface area contributed by atoms with Gasteiger partial charge in [-0.15, -0.1) is 0 Å². The van der Waals surface area contributed by atoms with E-state index in [0.29, 0.717) is 30.7 Å². The number of likely N-dealkylation sites (tertiary alicyclic amines) is 1. The first-order valence-electron chi connectivity index (χ1n) is 17.4. The van der Waals surface area contributed by atoms with E-state index in [1.54, 1.807) is 4.81 Å². The molecule has 2 heterocycles. The van der Waals surface area contributed by atoms with Crippen LogP contribution in [0.2, 0.25) is 0 Å². The third-order valence-corrected chi connectivity index (χ3v) is 10.9. The van der Waals surface area contributed by atoms with E-state index in [1.165, 1.54) is 23.4 Å². The van der Waals surface area contributed by atoms with Gasteiger partial charge in [-0.3, -0.25) is 24.1 Å². The summed E-state index contributed by atoms with van der Waals surface area (Å²) in [5, 5.41) is 0. The van der Waals surface area contributed by atoms with Gasteiger partial charge in [0.1, 0.15) is 12.0 Å². The van der Waals surface area contributed by atoms with Crippen LogP contribution in [0.25, 0.3) is 0 Å². The van der Waals surface area contributed by atoms with Crippen molar-refractivity contribution in [2.24, 2.45) is 11.3 Å². The number of halogens is 3. The molecule has 14 heteroatoms. The lowest BCUT2D eigenvalue weighted by Crippen LogP contribution is -2.45. The van der Waals surface area contributed by atoms with Crippen LogP contribution in [0.3, 0.4) is 0 Å². The summed E-state index contributed by atoms with van der Waals surface area (Å²) >= 11 is 10.2. The lowest BCUT2D eigenvalue weighted by molar-refractivity contribution is -0.149. The topological polar surface area (TPSA) is 91.8 Å². The Hall–Kier alpha value is -1.84. The van der Waals surface area contributed by atoms with Crippen molar-refractivity contribution in [1.29, 1.82) is 0 Å². The van der Waals surface area contributed by atoms with Gasteiger partial charge >= 0.3 is 7.41 Å². The molecule has 54 heavy (non-hydrogen) atoms. The van der Waals surface area contributed by atoms with E-state index < -0.39 is 5.41 Å². The third-order valence-electron chi connectivity index (χ3n) is 9.33. The second kappa shape index (κ2) is 24.1. The minimum Gasteiger partial charge on any atom is -0.380 e. The lowest BCUT2D eigenvalue weighted by Gasteiger charge is -2.29. The standard InChI is InChI=1S/C16H20BrNO2.C12H12BBrNO2.C12H13BrO.3H2S/c1-16(2,3)15(20)18-13(8-9-14(18)19)10-11-4-6-12(17)7-5-11;14-10-3-1-9(2-4-10)7-11-5-6-12(17)15(11)13-8-16;13-11-4-1-9(2-5-11)7-10-3-6-12(14)8-10;;;/h4-7,13H,8-10H2,1-3H3;1-4,8,11H,5-7H2;1-2,4-5,10H,3,6-8H2;3*1H2/t13-;11-;10-;;;/m000.../s1. The Bertz CT molecular complexity index is 1680. The number of benzene rings is 3. The number of imide groups is 1. The van der Waals surface area contributed by atoms with E-state index in [2.05, 4.69) is 72.1 Å². The molecule has 293 valence electrons. The fraction of sp³-hybridized carbons (Fsp3) is 0.425.